The summed E-state index contributed by atoms with van der Waals surface area (Å²) in [5, 5.41) is 8.65. The molecule has 0 aliphatic rings. The van der Waals surface area contributed by atoms with Crippen LogP contribution >= 0.6 is 0 Å². The van der Waals surface area contributed by atoms with Crippen LogP contribution in [0, 0.1) is 0 Å². The normalized spacial score (nSPS) is 10.4. The van der Waals surface area contributed by atoms with Crippen molar-refractivity contribution >= 4 is 11.9 Å². The minimum absolute atomic E-state index is 0.0788. The zero-order valence-corrected chi connectivity index (χ0v) is 14.5. The molecular weight excluding hydrogens is 344 g/mol. The van der Waals surface area contributed by atoms with Crippen molar-refractivity contribution in [3.05, 3.63) is 72.8 Å². The summed E-state index contributed by atoms with van der Waals surface area (Å²) < 4.78 is 5.23. The Kier molecular flexibility index (Phi) is 5.89. The third kappa shape index (κ3) is 5.22. The SMILES string of the molecule is O=C(O)CCC(=O)OCc1cc(-c2ccncc2)cc(-c2ccncc2)c1. The summed E-state index contributed by atoms with van der Waals surface area (Å²) in [5.74, 6) is -1.55. The van der Waals surface area contributed by atoms with E-state index < -0.39 is 11.9 Å². The van der Waals surface area contributed by atoms with Crippen molar-refractivity contribution in [1.82, 2.24) is 9.97 Å². The first-order valence-electron chi connectivity index (χ1n) is 8.44. The molecule has 2 aromatic heterocycles. The van der Waals surface area contributed by atoms with E-state index in [0.29, 0.717) is 0 Å². The first kappa shape index (κ1) is 18.3. The van der Waals surface area contributed by atoms with Crippen LogP contribution in [0.2, 0.25) is 0 Å². The summed E-state index contributed by atoms with van der Waals surface area (Å²) >= 11 is 0. The van der Waals surface area contributed by atoms with Crippen molar-refractivity contribution in [2.45, 2.75) is 19.4 Å². The van der Waals surface area contributed by atoms with E-state index >= 15 is 0 Å². The van der Waals surface area contributed by atoms with Crippen LogP contribution in [0.4, 0.5) is 0 Å². The van der Waals surface area contributed by atoms with Gasteiger partial charge in [0.15, 0.2) is 0 Å². The Morgan fingerprint density at radius 3 is 1.78 bits per heavy atom. The van der Waals surface area contributed by atoms with Gasteiger partial charge in [-0.1, -0.05) is 0 Å². The van der Waals surface area contributed by atoms with Gasteiger partial charge >= 0.3 is 11.9 Å². The van der Waals surface area contributed by atoms with Crippen LogP contribution in [0.3, 0.4) is 0 Å². The molecule has 1 aromatic carbocycles. The molecule has 0 fully saturated rings. The number of carboxylic acids is 1. The Balaban J connectivity index is 1.86. The highest BCUT2D eigenvalue weighted by Gasteiger charge is 2.10. The van der Waals surface area contributed by atoms with Crippen LogP contribution in [-0.2, 0) is 20.9 Å². The Labute approximate surface area is 156 Å². The fourth-order valence-corrected chi connectivity index (χ4v) is 2.64. The molecule has 0 saturated heterocycles. The van der Waals surface area contributed by atoms with Crippen LogP contribution in [-0.4, -0.2) is 27.0 Å². The molecule has 0 radical (unpaired) electrons. The first-order valence-corrected chi connectivity index (χ1v) is 8.44. The van der Waals surface area contributed by atoms with E-state index in [2.05, 4.69) is 16.0 Å². The zero-order chi connectivity index (χ0) is 19.1. The molecular formula is C21H18N2O4. The molecule has 0 atom stereocenters. The first-order chi connectivity index (χ1) is 13.1. The van der Waals surface area contributed by atoms with Crippen LogP contribution in [0.15, 0.2) is 67.3 Å². The predicted octanol–water partition coefficient (Wildman–Crippen LogP) is 3.72. The van der Waals surface area contributed by atoms with Gasteiger partial charge in [-0.15, -0.1) is 0 Å². The molecule has 0 saturated carbocycles. The van der Waals surface area contributed by atoms with Crippen LogP contribution < -0.4 is 0 Å². The minimum atomic E-state index is -1.02. The maximum atomic E-state index is 11.7. The lowest BCUT2D eigenvalue weighted by molar-refractivity contribution is -0.148. The van der Waals surface area contributed by atoms with Crippen molar-refractivity contribution in [2.75, 3.05) is 0 Å². The lowest BCUT2D eigenvalue weighted by atomic mass is 9.97. The molecule has 3 aromatic rings. The minimum Gasteiger partial charge on any atom is -0.481 e. The van der Waals surface area contributed by atoms with Crippen molar-refractivity contribution in [3.63, 3.8) is 0 Å². The number of carbonyl (C=O) groups excluding carboxylic acids is 1. The molecule has 0 spiro atoms. The predicted molar refractivity (Wildman–Crippen MR) is 99.6 cm³/mol. The van der Waals surface area contributed by atoms with Gasteiger partial charge in [0.05, 0.1) is 12.8 Å². The van der Waals surface area contributed by atoms with Gasteiger partial charge in [-0.25, -0.2) is 0 Å². The molecule has 0 aliphatic carbocycles. The Hall–Kier alpha value is -3.54. The fourth-order valence-electron chi connectivity index (χ4n) is 2.64. The number of ether oxygens (including phenoxy) is 1. The van der Waals surface area contributed by atoms with Gasteiger partial charge in [0, 0.05) is 24.8 Å². The summed E-state index contributed by atoms with van der Waals surface area (Å²) in [4.78, 5) is 30.4. The number of hydrogen-bond donors (Lipinski definition) is 1. The van der Waals surface area contributed by atoms with E-state index in [9.17, 15) is 9.59 Å². The van der Waals surface area contributed by atoms with E-state index in [4.69, 9.17) is 9.84 Å². The van der Waals surface area contributed by atoms with Gasteiger partial charge in [0.1, 0.15) is 6.61 Å². The highest BCUT2D eigenvalue weighted by Crippen LogP contribution is 2.28. The molecule has 2 heterocycles. The smallest absolute Gasteiger partial charge is 0.306 e. The highest BCUT2D eigenvalue weighted by molar-refractivity contribution is 5.77. The van der Waals surface area contributed by atoms with Crippen LogP contribution in [0.25, 0.3) is 22.3 Å². The number of aromatic nitrogens is 2. The maximum Gasteiger partial charge on any atom is 0.306 e. The summed E-state index contributed by atoms with van der Waals surface area (Å²) in [7, 11) is 0. The van der Waals surface area contributed by atoms with Crippen molar-refractivity contribution < 1.29 is 19.4 Å². The number of nitrogens with zero attached hydrogens (tertiary/aromatic N) is 2. The number of benzene rings is 1. The van der Waals surface area contributed by atoms with Crippen LogP contribution in [0.5, 0.6) is 0 Å². The van der Waals surface area contributed by atoms with E-state index in [1.807, 2.05) is 36.4 Å². The van der Waals surface area contributed by atoms with Crippen molar-refractivity contribution in [2.24, 2.45) is 0 Å². The molecule has 0 bridgehead atoms. The second kappa shape index (κ2) is 8.71. The van der Waals surface area contributed by atoms with Crippen molar-refractivity contribution in [3.8, 4) is 22.3 Å². The molecule has 6 nitrogen and oxygen atoms in total. The second-order valence-electron chi connectivity index (χ2n) is 5.94. The summed E-state index contributed by atoms with van der Waals surface area (Å²) in [5.41, 5.74) is 4.77. The molecule has 6 heteroatoms. The van der Waals surface area contributed by atoms with Gasteiger partial charge in [0.2, 0.25) is 0 Å². The van der Waals surface area contributed by atoms with Gasteiger partial charge in [-0.2, -0.15) is 0 Å². The van der Waals surface area contributed by atoms with Gasteiger partial charge in [-0.05, 0) is 70.3 Å². The molecule has 0 aliphatic heterocycles. The Bertz CT molecular complexity index is 870. The van der Waals surface area contributed by atoms with E-state index in [1.54, 1.807) is 24.8 Å². The molecule has 1 N–H and O–H groups in total. The maximum absolute atomic E-state index is 11.7. The topological polar surface area (TPSA) is 89.4 Å². The van der Waals surface area contributed by atoms with Crippen LogP contribution in [0.1, 0.15) is 18.4 Å². The molecule has 136 valence electrons. The number of carboxylic acid groups (broad SMARTS) is 1. The lowest BCUT2D eigenvalue weighted by Gasteiger charge is -2.11. The molecule has 0 unspecified atom stereocenters. The van der Waals surface area contributed by atoms with Crippen molar-refractivity contribution in [1.29, 1.82) is 0 Å². The number of rotatable bonds is 7. The lowest BCUT2D eigenvalue weighted by Crippen LogP contribution is -2.07. The van der Waals surface area contributed by atoms with E-state index in [1.165, 1.54) is 0 Å². The fraction of sp³-hybridized carbons (Fsp3) is 0.143. The number of aliphatic carboxylic acids is 1. The summed E-state index contributed by atoms with van der Waals surface area (Å²) in [6.07, 6.45) is 6.51. The standard InChI is InChI=1S/C21H18N2O4/c24-20(25)1-2-21(26)27-14-15-11-18(16-3-7-22-8-4-16)13-19(12-15)17-5-9-23-10-6-17/h3-13H,1-2,14H2,(H,24,25). The Morgan fingerprint density at radius 1 is 0.778 bits per heavy atom. The van der Waals surface area contributed by atoms with E-state index in [0.717, 1.165) is 27.8 Å². The average molecular weight is 362 g/mol. The largest absolute Gasteiger partial charge is 0.481 e. The molecule has 3 rings (SSSR count). The zero-order valence-electron chi connectivity index (χ0n) is 14.5. The summed E-state index contributed by atoms with van der Waals surface area (Å²) in [6.45, 7) is 0.0788. The quantitative estimate of drug-likeness (QED) is 0.644. The monoisotopic (exact) mass is 362 g/mol. The average Bonchev–Trinajstić information content (AvgIpc) is 2.72. The second-order valence-corrected chi connectivity index (χ2v) is 5.94. The third-order valence-electron chi connectivity index (χ3n) is 3.96. The van der Waals surface area contributed by atoms with Gasteiger partial charge < -0.3 is 9.84 Å². The van der Waals surface area contributed by atoms with Gasteiger partial charge in [0.25, 0.3) is 0 Å². The highest BCUT2D eigenvalue weighted by atomic mass is 16.5. The van der Waals surface area contributed by atoms with E-state index in [-0.39, 0.29) is 19.4 Å². The number of hydrogen-bond acceptors (Lipinski definition) is 5. The molecule has 0 amide bonds. The summed E-state index contributed by atoms with van der Waals surface area (Å²) in [6, 6.07) is 13.6. The number of pyridine rings is 2. The third-order valence-corrected chi connectivity index (χ3v) is 3.96. The number of carbonyl (C=O) groups is 2. The Morgan fingerprint density at radius 2 is 1.30 bits per heavy atom. The molecule has 27 heavy (non-hydrogen) atoms. The number of esters is 1. The van der Waals surface area contributed by atoms with Gasteiger partial charge in [-0.3, -0.25) is 19.6 Å².